The van der Waals surface area contributed by atoms with Gasteiger partial charge in [-0.2, -0.15) is 0 Å². The lowest BCUT2D eigenvalue weighted by molar-refractivity contribution is -0.123. The van der Waals surface area contributed by atoms with Gasteiger partial charge in [-0.1, -0.05) is 19.8 Å². The fourth-order valence-corrected chi connectivity index (χ4v) is 3.25. The molecule has 1 amide bonds. The summed E-state index contributed by atoms with van der Waals surface area (Å²) in [7, 11) is 0. The number of nitrogens with two attached hydrogens (primary N) is 1. The molecule has 0 aromatic carbocycles. The van der Waals surface area contributed by atoms with Gasteiger partial charge in [0, 0.05) is 31.1 Å². The number of hydrogen-bond donors (Lipinski definition) is 2. The summed E-state index contributed by atoms with van der Waals surface area (Å²) in [6, 6.07) is 0.366. The van der Waals surface area contributed by atoms with Gasteiger partial charge in [-0.25, -0.2) is 0 Å². The monoisotopic (exact) mass is 253 g/mol. The van der Waals surface area contributed by atoms with Crippen molar-refractivity contribution in [2.45, 2.75) is 63.5 Å². The largest absolute Gasteiger partial charge is 0.353 e. The molecule has 2 rings (SSSR count). The second kappa shape index (κ2) is 6.02. The predicted octanol–water partition coefficient (Wildman–Crippen LogP) is 1.25. The lowest BCUT2D eigenvalue weighted by Crippen LogP contribution is -2.48. The zero-order valence-electron chi connectivity index (χ0n) is 11.6. The van der Waals surface area contributed by atoms with Crippen molar-refractivity contribution in [1.82, 2.24) is 10.2 Å². The molecule has 4 heteroatoms. The number of hydrogen-bond acceptors (Lipinski definition) is 3. The lowest BCUT2D eigenvalue weighted by atomic mass is 9.94. The van der Waals surface area contributed by atoms with E-state index in [0.717, 1.165) is 45.3 Å². The summed E-state index contributed by atoms with van der Waals surface area (Å²) < 4.78 is 0. The van der Waals surface area contributed by atoms with Crippen molar-refractivity contribution in [1.29, 1.82) is 0 Å². The van der Waals surface area contributed by atoms with E-state index < -0.39 is 0 Å². The van der Waals surface area contributed by atoms with Crippen LogP contribution in [0.15, 0.2) is 0 Å². The van der Waals surface area contributed by atoms with Crippen molar-refractivity contribution in [3.05, 3.63) is 0 Å². The Balaban J connectivity index is 1.71. The third-order valence-corrected chi connectivity index (χ3v) is 4.51. The van der Waals surface area contributed by atoms with Gasteiger partial charge in [-0.15, -0.1) is 0 Å². The molecule has 1 aliphatic heterocycles. The first kappa shape index (κ1) is 13.8. The average molecular weight is 253 g/mol. The first-order chi connectivity index (χ1) is 8.61. The summed E-state index contributed by atoms with van der Waals surface area (Å²) in [5.74, 6) is 0.161. The number of likely N-dealkylation sites (tertiary alicyclic amines) is 1. The third-order valence-electron chi connectivity index (χ3n) is 4.51. The third kappa shape index (κ3) is 3.69. The molecule has 1 aliphatic carbocycles. The zero-order chi connectivity index (χ0) is 13.0. The Morgan fingerprint density at radius 2 is 1.94 bits per heavy atom. The molecule has 0 bridgehead atoms. The van der Waals surface area contributed by atoms with E-state index >= 15 is 0 Å². The fourth-order valence-electron chi connectivity index (χ4n) is 3.25. The maximum Gasteiger partial charge on any atom is 0.222 e. The van der Waals surface area contributed by atoms with Crippen LogP contribution in [0.4, 0.5) is 0 Å². The summed E-state index contributed by atoms with van der Waals surface area (Å²) in [6.45, 7) is 5.52. The number of nitrogens with zero attached hydrogens (tertiary/aromatic N) is 1. The van der Waals surface area contributed by atoms with Gasteiger partial charge in [0.1, 0.15) is 0 Å². The molecule has 0 aromatic rings. The second-order valence-corrected chi connectivity index (χ2v) is 6.02. The molecule has 1 saturated carbocycles. The zero-order valence-corrected chi connectivity index (χ0v) is 11.6. The van der Waals surface area contributed by atoms with Gasteiger partial charge in [0.2, 0.25) is 5.91 Å². The summed E-state index contributed by atoms with van der Waals surface area (Å²) >= 11 is 0. The van der Waals surface area contributed by atoms with Crippen LogP contribution in [-0.2, 0) is 4.79 Å². The van der Waals surface area contributed by atoms with Crippen LogP contribution in [0.25, 0.3) is 0 Å². The summed E-state index contributed by atoms with van der Waals surface area (Å²) in [4.78, 5) is 14.5. The van der Waals surface area contributed by atoms with E-state index in [-0.39, 0.29) is 11.4 Å². The smallest absolute Gasteiger partial charge is 0.222 e. The van der Waals surface area contributed by atoms with Gasteiger partial charge < -0.3 is 16.0 Å². The molecule has 18 heavy (non-hydrogen) atoms. The Bertz CT molecular complexity index is 279. The number of rotatable bonds is 4. The summed E-state index contributed by atoms with van der Waals surface area (Å²) in [5.41, 5.74) is 6.03. The Morgan fingerprint density at radius 3 is 2.50 bits per heavy atom. The van der Waals surface area contributed by atoms with Crippen molar-refractivity contribution < 1.29 is 4.79 Å². The maximum absolute atomic E-state index is 12.0. The number of nitrogens with one attached hydrogen (secondary N) is 1. The molecule has 0 unspecified atom stereocenters. The molecule has 0 atom stereocenters. The van der Waals surface area contributed by atoms with Crippen LogP contribution in [0.3, 0.4) is 0 Å². The molecule has 0 aromatic heterocycles. The van der Waals surface area contributed by atoms with Crippen LogP contribution in [-0.4, -0.2) is 42.0 Å². The van der Waals surface area contributed by atoms with E-state index in [2.05, 4.69) is 17.1 Å². The first-order valence-electron chi connectivity index (χ1n) is 7.42. The highest BCUT2D eigenvalue weighted by Crippen LogP contribution is 2.30. The minimum Gasteiger partial charge on any atom is -0.353 e. The van der Waals surface area contributed by atoms with Crippen LogP contribution in [0.5, 0.6) is 0 Å². The Kier molecular flexibility index (Phi) is 4.62. The van der Waals surface area contributed by atoms with E-state index in [1.165, 1.54) is 12.8 Å². The predicted molar refractivity (Wildman–Crippen MR) is 73.3 cm³/mol. The number of carbonyl (C=O) groups is 1. The van der Waals surface area contributed by atoms with Crippen LogP contribution >= 0.6 is 0 Å². The molecule has 2 aliphatic rings. The first-order valence-corrected chi connectivity index (χ1v) is 7.42. The maximum atomic E-state index is 12.0. The molecule has 2 fully saturated rings. The fraction of sp³-hybridized carbons (Fsp3) is 0.929. The highest BCUT2D eigenvalue weighted by molar-refractivity contribution is 5.77. The normalized spacial score (nSPS) is 25.2. The standard InChI is InChI=1S/C14H27N3O/c1-2-17-9-5-12(6-10-17)16-13(18)11-14(15)7-3-4-8-14/h12H,2-11,15H2,1H3,(H,16,18). The van der Waals surface area contributed by atoms with Crippen LogP contribution in [0, 0.1) is 0 Å². The molecule has 1 saturated heterocycles. The van der Waals surface area contributed by atoms with E-state index in [1.54, 1.807) is 0 Å². The minimum absolute atomic E-state index is 0.161. The highest BCUT2D eigenvalue weighted by atomic mass is 16.1. The molecule has 3 N–H and O–H groups in total. The second-order valence-electron chi connectivity index (χ2n) is 6.02. The Hall–Kier alpha value is -0.610. The molecule has 4 nitrogen and oxygen atoms in total. The van der Waals surface area contributed by atoms with E-state index in [1.807, 2.05) is 0 Å². The van der Waals surface area contributed by atoms with Crippen LogP contribution in [0.1, 0.15) is 51.9 Å². The number of amides is 1. The average Bonchev–Trinajstić information content (AvgIpc) is 2.76. The van der Waals surface area contributed by atoms with Crippen molar-refractivity contribution in [2.24, 2.45) is 5.73 Å². The number of piperidine rings is 1. The van der Waals surface area contributed by atoms with Gasteiger partial charge in [0.25, 0.3) is 0 Å². The highest BCUT2D eigenvalue weighted by Gasteiger charge is 2.32. The van der Waals surface area contributed by atoms with Crippen LogP contribution in [0.2, 0.25) is 0 Å². The van der Waals surface area contributed by atoms with E-state index in [4.69, 9.17) is 5.73 Å². The Labute approximate surface area is 110 Å². The van der Waals surface area contributed by atoms with Crippen molar-refractivity contribution >= 4 is 5.91 Å². The van der Waals surface area contributed by atoms with E-state index in [9.17, 15) is 4.79 Å². The molecule has 104 valence electrons. The Morgan fingerprint density at radius 1 is 1.33 bits per heavy atom. The molecule has 0 spiro atoms. The molecule has 0 radical (unpaired) electrons. The van der Waals surface area contributed by atoms with Crippen molar-refractivity contribution in [3.63, 3.8) is 0 Å². The summed E-state index contributed by atoms with van der Waals surface area (Å²) in [6.07, 6.45) is 7.05. The van der Waals surface area contributed by atoms with Gasteiger partial charge >= 0.3 is 0 Å². The minimum atomic E-state index is -0.214. The number of carbonyl (C=O) groups excluding carboxylic acids is 1. The van der Waals surface area contributed by atoms with Crippen molar-refractivity contribution in [2.75, 3.05) is 19.6 Å². The lowest BCUT2D eigenvalue weighted by Gasteiger charge is -2.32. The molecular weight excluding hydrogens is 226 g/mol. The van der Waals surface area contributed by atoms with Crippen molar-refractivity contribution in [3.8, 4) is 0 Å². The van der Waals surface area contributed by atoms with Gasteiger partial charge in [-0.05, 0) is 32.2 Å². The van der Waals surface area contributed by atoms with Crippen LogP contribution < -0.4 is 11.1 Å². The molecule has 1 heterocycles. The summed E-state index contributed by atoms with van der Waals surface area (Å²) in [5, 5.41) is 3.17. The molecular formula is C14H27N3O. The SMILES string of the molecule is CCN1CCC(NC(=O)CC2(N)CCCC2)CC1. The van der Waals surface area contributed by atoms with Gasteiger partial charge in [0.15, 0.2) is 0 Å². The quantitative estimate of drug-likeness (QED) is 0.793. The topological polar surface area (TPSA) is 58.4 Å². The van der Waals surface area contributed by atoms with Gasteiger partial charge in [-0.3, -0.25) is 4.79 Å². The van der Waals surface area contributed by atoms with E-state index in [0.29, 0.717) is 12.5 Å². The van der Waals surface area contributed by atoms with Gasteiger partial charge in [0.05, 0.1) is 0 Å².